The fourth-order valence-corrected chi connectivity index (χ4v) is 6.62. The van der Waals surface area contributed by atoms with Gasteiger partial charge in [-0.05, 0) is 88.3 Å². The number of likely N-dealkylation sites (tertiary alicyclic amines) is 1. The maximum atomic E-state index is 14.3. The Balaban J connectivity index is 1.39. The first-order chi connectivity index (χ1) is 18.3. The minimum atomic E-state index is -0.988. The molecule has 2 heterocycles. The zero-order valence-electron chi connectivity index (χ0n) is 22.9. The van der Waals surface area contributed by atoms with Crippen LogP contribution in [0, 0.1) is 11.7 Å². The van der Waals surface area contributed by atoms with Crippen LogP contribution in [0.4, 0.5) is 14.9 Å². The Morgan fingerprint density at radius 3 is 2.53 bits per heavy atom. The standard InChI is InChI=1S/C31H40FN3O3/c1-22(2)38-28-14-7-11-25(17-28)20-33-16-15-31(19-23(33)3)29(36)34(21-24-9-5-4-6-10-24)30(37)35(31)27-13-8-12-26(32)18-27/h7-8,11-14,17-18,22-24H,4-6,9-10,15-16,19-21H2,1-3H3. The minimum absolute atomic E-state index is 0.0564. The van der Waals surface area contributed by atoms with E-state index in [1.807, 2.05) is 26.0 Å². The van der Waals surface area contributed by atoms with Gasteiger partial charge in [0.05, 0.1) is 6.10 Å². The number of halogens is 1. The van der Waals surface area contributed by atoms with Gasteiger partial charge in [0.2, 0.25) is 0 Å². The third kappa shape index (κ3) is 5.31. The van der Waals surface area contributed by atoms with Gasteiger partial charge in [-0.15, -0.1) is 0 Å². The van der Waals surface area contributed by atoms with E-state index < -0.39 is 11.4 Å². The van der Waals surface area contributed by atoms with E-state index in [-0.39, 0.29) is 24.1 Å². The lowest BCUT2D eigenvalue weighted by Crippen LogP contribution is -2.59. The number of rotatable bonds is 7. The van der Waals surface area contributed by atoms with Crippen LogP contribution in [0.3, 0.4) is 0 Å². The number of anilines is 1. The number of piperidine rings is 1. The van der Waals surface area contributed by atoms with E-state index in [1.165, 1.54) is 23.5 Å². The molecular formula is C31H40FN3O3. The van der Waals surface area contributed by atoms with Crippen molar-refractivity contribution in [3.63, 3.8) is 0 Å². The predicted octanol–water partition coefficient (Wildman–Crippen LogP) is 6.39. The Hall–Kier alpha value is -2.93. The molecule has 2 aromatic carbocycles. The SMILES string of the molecule is CC(C)Oc1cccc(CN2CCC3(CC2C)C(=O)N(CC2CCCCC2)C(=O)N3c2cccc(F)c2)c1. The number of amides is 3. The van der Waals surface area contributed by atoms with E-state index in [0.29, 0.717) is 37.5 Å². The van der Waals surface area contributed by atoms with Crippen LogP contribution >= 0.6 is 0 Å². The molecule has 1 spiro atoms. The van der Waals surface area contributed by atoms with Gasteiger partial charge in [0.25, 0.3) is 5.91 Å². The van der Waals surface area contributed by atoms with E-state index in [9.17, 15) is 14.0 Å². The fourth-order valence-electron chi connectivity index (χ4n) is 6.62. The van der Waals surface area contributed by atoms with Crippen molar-refractivity contribution >= 4 is 17.6 Å². The second-order valence-corrected chi connectivity index (χ2v) is 11.6. The average molecular weight is 522 g/mol. The Morgan fingerprint density at radius 1 is 1.05 bits per heavy atom. The molecule has 1 aliphatic carbocycles. The van der Waals surface area contributed by atoms with Crippen molar-refractivity contribution in [3.05, 3.63) is 59.9 Å². The molecule has 2 aromatic rings. The third-order valence-electron chi connectivity index (χ3n) is 8.45. The van der Waals surface area contributed by atoms with Gasteiger partial charge < -0.3 is 4.74 Å². The number of carbonyl (C=O) groups is 2. The summed E-state index contributed by atoms with van der Waals surface area (Å²) in [5, 5.41) is 0. The Labute approximate surface area is 225 Å². The second kappa shape index (κ2) is 11.0. The largest absolute Gasteiger partial charge is 0.491 e. The van der Waals surface area contributed by atoms with E-state index >= 15 is 0 Å². The zero-order chi connectivity index (χ0) is 26.9. The lowest BCUT2D eigenvalue weighted by atomic mass is 9.81. The normalized spacial score (nSPS) is 25.1. The smallest absolute Gasteiger partial charge is 0.332 e. The van der Waals surface area contributed by atoms with Crippen LogP contribution < -0.4 is 9.64 Å². The molecule has 3 aliphatic rings. The summed E-state index contributed by atoms with van der Waals surface area (Å²) < 4.78 is 20.2. The highest BCUT2D eigenvalue weighted by molar-refractivity contribution is 6.17. The zero-order valence-corrected chi connectivity index (χ0v) is 22.9. The number of imide groups is 1. The van der Waals surface area contributed by atoms with Gasteiger partial charge in [-0.25, -0.2) is 9.18 Å². The summed E-state index contributed by atoms with van der Waals surface area (Å²) in [6.07, 6.45) is 6.75. The molecule has 0 bridgehead atoms. The molecule has 7 heteroatoms. The number of hydrogen-bond acceptors (Lipinski definition) is 4. The highest BCUT2D eigenvalue weighted by atomic mass is 19.1. The lowest BCUT2D eigenvalue weighted by Gasteiger charge is -2.45. The van der Waals surface area contributed by atoms with E-state index in [1.54, 1.807) is 17.0 Å². The van der Waals surface area contributed by atoms with E-state index in [4.69, 9.17) is 4.74 Å². The van der Waals surface area contributed by atoms with Gasteiger partial charge in [-0.1, -0.05) is 37.5 Å². The van der Waals surface area contributed by atoms with Gasteiger partial charge >= 0.3 is 6.03 Å². The van der Waals surface area contributed by atoms with Crippen molar-refractivity contribution in [2.24, 2.45) is 5.92 Å². The van der Waals surface area contributed by atoms with Crippen LogP contribution in [0.15, 0.2) is 48.5 Å². The Bertz CT molecular complexity index is 1160. The number of urea groups is 1. The summed E-state index contributed by atoms with van der Waals surface area (Å²) >= 11 is 0. The number of ether oxygens (including phenoxy) is 1. The maximum absolute atomic E-state index is 14.3. The van der Waals surface area contributed by atoms with Crippen molar-refractivity contribution < 1.29 is 18.7 Å². The van der Waals surface area contributed by atoms with Crippen LogP contribution in [0.25, 0.3) is 0 Å². The van der Waals surface area contributed by atoms with Crippen molar-refractivity contribution in [1.29, 1.82) is 0 Å². The molecule has 204 valence electrons. The third-order valence-corrected chi connectivity index (χ3v) is 8.45. The quantitative estimate of drug-likeness (QED) is 0.397. The molecule has 3 fully saturated rings. The van der Waals surface area contributed by atoms with Crippen molar-refractivity contribution in [3.8, 4) is 5.75 Å². The summed E-state index contributed by atoms with van der Waals surface area (Å²) in [4.78, 5) is 33.5. The molecule has 0 N–H and O–H groups in total. The van der Waals surface area contributed by atoms with Crippen molar-refractivity contribution in [2.75, 3.05) is 18.0 Å². The summed E-state index contributed by atoms with van der Waals surface area (Å²) in [5.41, 5.74) is 0.632. The number of benzene rings is 2. The predicted molar refractivity (Wildman–Crippen MR) is 147 cm³/mol. The second-order valence-electron chi connectivity index (χ2n) is 11.6. The van der Waals surface area contributed by atoms with Gasteiger partial charge in [0.15, 0.2) is 0 Å². The average Bonchev–Trinajstić information content (AvgIpc) is 3.07. The minimum Gasteiger partial charge on any atom is -0.491 e. The summed E-state index contributed by atoms with van der Waals surface area (Å²) in [6, 6.07) is 14.0. The molecule has 3 amide bonds. The molecule has 2 aliphatic heterocycles. The van der Waals surface area contributed by atoms with E-state index in [2.05, 4.69) is 24.0 Å². The topological polar surface area (TPSA) is 53.1 Å². The summed E-state index contributed by atoms with van der Waals surface area (Å²) in [7, 11) is 0. The van der Waals surface area contributed by atoms with Gasteiger partial charge in [0.1, 0.15) is 17.1 Å². The molecule has 6 nitrogen and oxygen atoms in total. The maximum Gasteiger partial charge on any atom is 0.332 e. The molecule has 2 unspecified atom stereocenters. The van der Waals surface area contributed by atoms with Gasteiger partial charge in [0, 0.05) is 31.4 Å². The van der Waals surface area contributed by atoms with Crippen LogP contribution in [0.1, 0.15) is 71.3 Å². The first kappa shape index (κ1) is 26.7. The Morgan fingerprint density at radius 2 is 1.82 bits per heavy atom. The number of nitrogens with zero attached hydrogens (tertiary/aromatic N) is 3. The molecular weight excluding hydrogens is 481 g/mol. The molecule has 2 saturated heterocycles. The molecule has 2 atom stereocenters. The highest BCUT2D eigenvalue weighted by Gasteiger charge is 2.60. The molecule has 0 aromatic heterocycles. The van der Waals surface area contributed by atoms with Crippen LogP contribution in [0.2, 0.25) is 0 Å². The lowest BCUT2D eigenvalue weighted by molar-refractivity contribution is -0.133. The molecule has 1 saturated carbocycles. The molecule has 38 heavy (non-hydrogen) atoms. The van der Waals surface area contributed by atoms with Crippen molar-refractivity contribution in [2.45, 2.75) is 89.9 Å². The van der Waals surface area contributed by atoms with Crippen LogP contribution in [-0.2, 0) is 11.3 Å². The summed E-state index contributed by atoms with van der Waals surface area (Å²) in [6.45, 7) is 8.02. The monoisotopic (exact) mass is 521 g/mol. The molecule has 0 radical (unpaired) electrons. The molecule has 5 rings (SSSR count). The summed E-state index contributed by atoms with van der Waals surface area (Å²) in [5.74, 6) is 0.679. The fraction of sp³-hybridized carbons (Fsp3) is 0.548. The van der Waals surface area contributed by atoms with Crippen LogP contribution in [0.5, 0.6) is 5.75 Å². The first-order valence-electron chi connectivity index (χ1n) is 14.2. The van der Waals surface area contributed by atoms with Crippen molar-refractivity contribution in [1.82, 2.24) is 9.80 Å². The Kier molecular flexibility index (Phi) is 7.75. The highest BCUT2D eigenvalue weighted by Crippen LogP contribution is 2.43. The van der Waals surface area contributed by atoms with Crippen LogP contribution in [-0.4, -0.2) is 52.5 Å². The van der Waals surface area contributed by atoms with Gasteiger partial charge in [-0.3, -0.25) is 19.5 Å². The van der Waals surface area contributed by atoms with Gasteiger partial charge in [-0.2, -0.15) is 0 Å². The van der Waals surface area contributed by atoms with E-state index in [0.717, 1.165) is 43.5 Å². The first-order valence-corrected chi connectivity index (χ1v) is 14.2. The number of hydrogen-bond donors (Lipinski definition) is 0. The number of carbonyl (C=O) groups excluding carboxylic acids is 2.